The molecule has 128 valence electrons. The summed E-state index contributed by atoms with van der Waals surface area (Å²) < 4.78 is 0. The van der Waals surface area contributed by atoms with Crippen LogP contribution in [-0.2, 0) is 6.54 Å². The number of hydrogen-bond donors (Lipinski definition) is 2. The van der Waals surface area contributed by atoms with E-state index in [0.717, 1.165) is 27.7 Å². The van der Waals surface area contributed by atoms with Gasteiger partial charge in [-0.15, -0.1) is 0 Å². The molecule has 0 spiro atoms. The van der Waals surface area contributed by atoms with Gasteiger partial charge in [-0.05, 0) is 43.2 Å². The molecule has 1 heterocycles. The van der Waals surface area contributed by atoms with Gasteiger partial charge >= 0.3 is 6.03 Å². The molecule has 3 aromatic rings. The third-order valence-corrected chi connectivity index (χ3v) is 4.14. The standard InChI is InChI=1S/C20H21N3O2/c1-3-23(20(25)21-16-8-6-7-14(2)11-16)13-15-12-19(24)22-18-10-5-4-9-17(15)18/h4-12H,3,13H2,1-2H3,(H,21,25)(H,22,24). The Hall–Kier alpha value is -3.08. The summed E-state index contributed by atoms with van der Waals surface area (Å²) in [6.07, 6.45) is 0. The number of benzene rings is 2. The van der Waals surface area contributed by atoms with Crippen LogP contribution in [0.1, 0.15) is 18.1 Å². The van der Waals surface area contributed by atoms with Crippen molar-refractivity contribution in [1.82, 2.24) is 9.88 Å². The minimum Gasteiger partial charge on any atom is -0.322 e. The summed E-state index contributed by atoms with van der Waals surface area (Å²) in [5, 5.41) is 3.87. The Bertz CT molecular complexity index is 962. The molecule has 25 heavy (non-hydrogen) atoms. The molecule has 0 aliphatic rings. The van der Waals surface area contributed by atoms with Crippen LogP contribution >= 0.6 is 0 Å². The number of anilines is 1. The third kappa shape index (κ3) is 3.88. The highest BCUT2D eigenvalue weighted by Gasteiger charge is 2.14. The maximum Gasteiger partial charge on any atom is 0.322 e. The average molecular weight is 335 g/mol. The first-order valence-electron chi connectivity index (χ1n) is 8.30. The first-order chi connectivity index (χ1) is 12.1. The van der Waals surface area contributed by atoms with E-state index in [4.69, 9.17) is 0 Å². The number of pyridine rings is 1. The van der Waals surface area contributed by atoms with Gasteiger partial charge in [0, 0.05) is 35.7 Å². The van der Waals surface area contributed by atoms with Gasteiger partial charge in [0.25, 0.3) is 0 Å². The van der Waals surface area contributed by atoms with E-state index in [0.29, 0.717) is 13.1 Å². The molecule has 0 saturated carbocycles. The molecule has 3 rings (SSSR count). The summed E-state index contributed by atoms with van der Waals surface area (Å²) in [6.45, 7) is 4.82. The van der Waals surface area contributed by atoms with Crippen LogP contribution in [0.3, 0.4) is 0 Å². The Morgan fingerprint density at radius 3 is 2.68 bits per heavy atom. The number of urea groups is 1. The van der Waals surface area contributed by atoms with Crippen LogP contribution in [0, 0.1) is 6.92 Å². The molecule has 5 nitrogen and oxygen atoms in total. The number of amides is 2. The predicted molar refractivity (Wildman–Crippen MR) is 101 cm³/mol. The molecule has 0 unspecified atom stereocenters. The SMILES string of the molecule is CCN(Cc1cc(=O)[nH]c2ccccc12)C(=O)Nc1cccc(C)c1. The number of para-hydroxylation sites is 1. The lowest BCUT2D eigenvalue weighted by molar-refractivity contribution is 0.212. The molecule has 0 fully saturated rings. The quantitative estimate of drug-likeness (QED) is 0.759. The molecule has 2 aromatic carbocycles. The minimum absolute atomic E-state index is 0.163. The number of hydrogen-bond acceptors (Lipinski definition) is 2. The van der Waals surface area contributed by atoms with Crippen molar-refractivity contribution in [3.05, 3.63) is 76.1 Å². The topological polar surface area (TPSA) is 65.2 Å². The molecule has 2 N–H and O–H groups in total. The smallest absolute Gasteiger partial charge is 0.322 e. The van der Waals surface area contributed by atoms with Crippen molar-refractivity contribution in [1.29, 1.82) is 0 Å². The van der Waals surface area contributed by atoms with Crippen LogP contribution in [0.25, 0.3) is 10.9 Å². The lowest BCUT2D eigenvalue weighted by atomic mass is 10.1. The van der Waals surface area contributed by atoms with Gasteiger partial charge in [-0.2, -0.15) is 0 Å². The zero-order valence-electron chi connectivity index (χ0n) is 14.4. The van der Waals surface area contributed by atoms with Crippen molar-refractivity contribution < 1.29 is 4.79 Å². The maximum absolute atomic E-state index is 12.6. The second-order valence-corrected chi connectivity index (χ2v) is 6.02. The van der Waals surface area contributed by atoms with E-state index < -0.39 is 0 Å². The number of H-pyrrole nitrogens is 1. The van der Waals surface area contributed by atoms with Gasteiger partial charge in [-0.25, -0.2) is 4.79 Å². The van der Waals surface area contributed by atoms with Gasteiger partial charge in [0.1, 0.15) is 0 Å². The van der Waals surface area contributed by atoms with Gasteiger partial charge in [0.05, 0.1) is 0 Å². The average Bonchev–Trinajstić information content (AvgIpc) is 2.59. The fraction of sp³-hybridized carbons (Fsp3) is 0.200. The monoisotopic (exact) mass is 335 g/mol. The van der Waals surface area contributed by atoms with Crippen LogP contribution in [0.4, 0.5) is 10.5 Å². The lowest BCUT2D eigenvalue weighted by Gasteiger charge is -2.22. The largest absolute Gasteiger partial charge is 0.322 e. The number of nitrogens with one attached hydrogen (secondary N) is 2. The normalized spacial score (nSPS) is 10.6. The maximum atomic E-state index is 12.6. The number of carbonyl (C=O) groups is 1. The van der Waals surface area contributed by atoms with Crippen molar-refractivity contribution in [3.63, 3.8) is 0 Å². The Kier molecular flexibility index (Phi) is 4.84. The number of nitrogens with zero attached hydrogens (tertiary/aromatic N) is 1. The second-order valence-electron chi connectivity index (χ2n) is 6.02. The number of aryl methyl sites for hydroxylation is 1. The fourth-order valence-electron chi connectivity index (χ4n) is 2.87. The summed E-state index contributed by atoms with van der Waals surface area (Å²) >= 11 is 0. The van der Waals surface area contributed by atoms with Crippen LogP contribution in [0.5, 0.6) is 0 Å². The van der Waals surface area contributed by atoms with E-state index in [1.54, 1.807) is 11.0 Å². The zero-order valence-corrected chi connectivity index (χ0v) is 14.4. The van der Waals surface area contributed by atoms with Crippen molar-refractivity contribution >= 4 is 22.6 Å². The number of rotatable bonds is 4. The van der Waals surface area contributed by atoms with Crippen molar-refractivity contribution in [3.8, 4) is 0 Å². The van der Waals surface area contributed by atoms with E-state index in [2.05, 4.69) is 10.3 Å². The van der Waals surface area contributed by atoms with E-state index >= 15 is 0 Å². The molecule has 0 aliphatic carbocycles. The number of aromatic amines is 1. The van der Waals surface area contributed by atoms with Gasteiger partial charge in [0.2, 0.25) is 5.56 Å². The van der Waals surface area contributed by atoms with Crippen LogP contribution in [0.15, 0.2) is 59.4 Å². The van der Waals surface area contributed by atoms with Gasteiger partial charge in [0.15, 0.2) is 0 Å². The highest BCUT2D eigenvalue weighted by atomic mass is 16.2. The van der Waals surface area contributed by atoms with Gasteiger partial charge < -0.3 is 15.2 Å². The van der Waals surface area contributed by atoms with Gasteiger partial charge in [-0.1, -0.05) is 30.3 Å². The molecule has 2 amide bonds. The molecule has 0 aliphatic heterocycles. The highest BCUT2D eigenvalue weighted by molar-refractivity contribution is 5.90. The Morgan fingerprint density at radius 1 is 1.12 bits per heavy atom. The summed E-state index contributed by atoms with van der Waals surface area (Å²) in [5.41, 5.74) is 3.30. The molecule has 0 atom stereocenters. The predicted octanol–water partition coefficient (Wildman–Crippen LogP) is 3.89. The zero-order chi connectivity index (χ0) is 17.8. The number of fused-ring (bicyclic) bond motifs is 1. The highest BCUT2D eigenvalue weighted by Crippen LogP contribution is 2.17. The molecule has 0 radical (unpaired) electrons. The van der Waals surface area contributed by atoms with Crippen molar-refractivity contribution in [2.24, 2.45) is 0 Å². The number of aromatic nitrogens is 1. The van der Waals surface area contributed by atoms with Crippen molar-refractivity contribution in [2.45, 2.75) is 20.4 Å². The van der Waals surface area contributed by atoms with Crippen LogP contribution in [-0.4, -0.2) is 22.5 Å². The van der Waals surface area contributed by atoms with E-state index in [9.17, 15) is 9.59 Å². The van der Waals surface area contributed by atoms with Crippen molar-refractivity contribution in [2.75, 3.05) is 11.9 Å². The molecular formula is C20H21N3O2. The Balaban J connectivity index is 1.85. The second kappa shape index (κ2) is 7.21. The molecule has 5 heteroatoms. The molecule has 0 bridgehead atoms. The first-order valence-corrected chi connectivity index (χ1v) is 8.30. The van der Waals surface area contributed by atoms with Crippen LogP contribution in [0.2, 0.25) is 0 Å². The summed E-state index contributed by atoms with van der Waals surface area (Å²) in [7, 11) is 0. The lowest BCUT2D eigenvalue weighted by Crippen LogP contribution is -2.34. The van der Waals surface area contributed by atoms with E-state index in [1.165, 1.54) is 0 Å². The third-order valence-electron chi connectivity index (χ3n) is 4.14. The van der Waals surface area contributed by atoms with E-state index in [1.807, 2.05) is 62.4 Å². The minimum atomic E-state index is -0.183. The Morgan fingerprint density at radius 2 is 1.92 bits per heavy atom. The molecule has 1 aromatic heterocycles. The fourth-order valence-corrected chi connectivity index (χ4v) is 2.87. The van der Waals surface area contributed by atoms with Gasteiger partial charge in [-0.3, -0.25) is 4.79 Å². The summed E-state index contributed by atoms with van der Waals surface area (Å²) in [4.78, 5) is 29.0. The Labute approximate surface area is 146 Å². The van der Waals surface area contributed by atoms with Crippen LogP contribution < -0.4 is 10.9 Å². The number of carbonyl (C=O) groups excluding carboxylic acids is 1. The first kappa shape index (κ1) is 16.8. The van der Waals surface area contributed by atoms with E-state index in [-0.39, 0.29) is 11.6 Å². The summed E-state index contributed by atoms with van der Waals surface area (Å²) in [6, 6.07) is 16.7. The molecule has 0 saturated heterocycles. The summed E-state index contributed by atoms with van der Waals surface area (Å²) in [5.74, 6) is 0. The molecular weight excluding hydrogens is 314 g/mol.